The molecule has 0 aliphatic carbocycles. The van der Waals surface area contributed by atoms with Crippen LogP contribution in [0.4, 0.5) is 0 Å². The molecular formula is C19H22INO4. The number of nitrogens with one attached hydrogen (secondary N) is 1. The molecule has 0 spiro atoms. The highest BCUT2D eigenvalue weighted by Crippen LogP contribution is 2.31. The van der Waals surface area contributed by atoms with Gasteiger partial charge in [0.2, 0.25) is 0 Å². The molecule has 0 bridgehead atoms. The van der Waals surface area contributed by atoms with Crippen molar-refractivity contribution in [3.05, 3.63) is 51.1 Å². The van der Waals surface area contributed by atoms with Crippen molar-refractivity contribution in [1.29, 1.82) is 0 Å². The number of amides is 1. The smallest absolute Gasteiger partial charge is 0.252 e. The monoisotopic (exact) mass is 455 g/mol. The van der Waals surface area contributed by atoms with Crippen molar-refractivity contribution in [2.45, 2.75) is 12.8 Å². The maximum Gasteiger partial charge on any atom is 0.252 e. The molecule has 0 aliphatic heterocycles. The Bertz CT molecular complexity index is 716. The molecule has 2 rings (SSSR count). The highest BCUT2D eigenvalue weighted by atomic mass is 127. The Hall–Kier alpha value is -1.96. The van der Waals surface area contributed by atoms with E-state index in [1.54, 1.807) is 33.5 Å². The molecule has 0 fully saturated rings. The third-order valence-electron chi connectivity index (χ3n) is 3.80. The van der Waals surface area contributed by atoms with E-state index in [1.807, 2.05) is 24.3 Å². The first-order chi connectivity index (χ1) is 12.1. The number of aryl methyl sites for hydroxylation is 1. The minimum atomic E-state index is -0.111. The van der Waals surface area contributed by atoms with Gasteiger partial charge >= 0.3 is 0 Å². The zero-order valence-corrected chi connectivity index (χ0v) is 16.8. The Kier molecular flexibility index (Phi) is 7.36. The van der Waals surface area contributed by atoms with Crippen LogP contribution in [0.15, 0.2) is 36.4 Å². The van der Waals surface area contributed by atoms with Gasteiger partial charge in [0.15, 0.2) is 11.5 Å². The molecule has 0 saturated heterocycles. The zero-order chi connectivity index (χ0) is 18.2. The summed E-state index contributed by atoms with van der Waals surface area (Å²) in [5, 5.41) is 2.96. The first-order valence-corrected chi connectivity index (χ1v) is 8.99. The van der Waals surface area contributed by atoms with E-state index >= 15 is 0 Å². The van der Waals surface area contributed by atoms with Crippen LogP contribution in [0.5, 0.6) is 17.2 Å². The van der Waals surface area contributed by atoms with E-state index in [4.69, 9.17) is 14.2 Å². The number of halogens is 1. The fraction of sp³-hybridized carbons (Fsp3) is 0.316. The standard InChI is InChI=1S/C19H22INO4/c1-23-14-8-6-13(7-9-14)5-4-10-21-19(22)15-11-17(24-2)18(25-3)12-16(15)20/h6-9,11-12H,4-5,10H2,1-3H3,(H,21,22). The third kappa shape index (κ3) is 5.26. The van der Waals surface area contributed by atoms with E-state index in [2.05, 4.69) is 27.9 Å². The van der Waals surface area contributed by atoms with Crippen LogP contribution in [-0.2, 0) is 6.42 Å². The average Bonchev–Trinajstić information content (AvgIpc) is 2.65. The van der Waals surface area contributed by atoms with Gasteiger partial charge in [0.25, 0.3) is 5.91 Å². The minimum absolute atomic E-state index is 0.111. The molecule has 134 valence electrons. The van der Waals surface area contributed by atoms with Crippen molar-refractivity contribution in [1.82, 2.24) is 5.32 Å². The van der Waals surface area contributed by atoms with E-state index in [9.17, 15) is 4.79 Å². The van der Waals surface area contributed by atoms with Crippen LogP contribution in [0, 0.1) is 3.57 Å². The molecule has 25 heavy (non-hydrogen) atoms. The van der Waals surface area contributed by atoms with E-state index < -0.39 is 0 Å². The summed E-state index contributed by atoms with van der Waals surface area (Å²) in [6.45, 7) is 0.606. The Morgan fingerprint density at radius 1 is 1.00 bits per heavy atom. The van der Waals surface area contributed by atoms with Gasteiger partial charge in [-0.25, -0.2) is 0 Å². The number of ether oxygens (including phenoxy) is 3. The molecule has 2 aromatic carbocycles. The van der Waals surface area contributed by atoms with Gasteiger partial charge in [0, 0.05) is 10.1 Å². The van der Waals surface area contributed by atoms with Crippen LogP contribution in [-0.4, -0.2) is 33.8 Å². The summed E-state index contributed by atoms with van der Waals surface area (Å²) in [5.41, 5.74) is 1.80. The van der Waals surface area contributed by atoms with Crippen LogP contribution < -0.4 is 19.5 Å². The lowest BCUT2D eigenvalue weighted by molar-refractivity contribution is 0.0952. The topological polar surface area (TPSA) is 56.8 Å². The second kappa shape index (κ2) is 9.50. The molecule has 0 heterocycles. The quantitative estimate of drug-likeness (QED) is 0.488. The van der Waals surface area contributed by atoms with E-state index in [-0.39, 0.29) is 5.91 Å². The number of hydrogen-bond acceptors (Lipinski definition) is 4. The SMILES string of the molecule is COc1ccc(CCCNC(=O)c2cc(OC)c(OC)cc2I)cc1. The average molecular weight is 455 g/mol. The molecule has 1 amide bonds. The van der Waals surface area contributed by atoms with Crippen LogP contribution in [0.1, 0.15) is 22.3 Å². The number of methoxy groups -OCH3 is 3. The largest absolute Gasteiger partial charge is 0.497 e. The zero-order valence-electron chi connectivity index (χ0n) is 14.6. The van der Waals surface area contributed by atoms with Crippen molar-refractivity contribution in [2.75, 3.05) is 27.9 Å². The predicted molar refractivity (Wildman–Crippen MR) is 106 cm³/mol. The summed E-state index contributed by atoms with van der Waals surface area (Å²) in [7, 11) is 4.79. The van der Waals surface area contributed by atoms with Gasteiger partial charge in [-0.05, 0) is 65.3 Å². The van der Waals surface area contributed by atoms with Gasteiger partial charge in [0.1, 0.15) is 5.75 Å². The summed E-state index contributed by atoms with van der Waals surface area (Å²) in [4.78, 5) is 12.4. The van der Waals surface area contributed by atoms with E-state index in [1.165, 1.54) is 5.56 Å². The summed E-state index contributed by atoms with van der Waals surface area (Å²) < 4.78 is 16.5. The third-order valence-corrected chi connectivity index (χ3v) is 4.70. The Morgan fingerprint density at radius 2 is 1.64 bits per heavy atom. The number of carbonyl (C=O) groups excluding carboxylic acids is 1. The van der Waals surface area contributed by atoms with Crippen molar-refractivity contribution < 1.29 is 19.0 Å². The molecule has 2 aromatic rings. The van der Waals surface area contributed by atoms with Gasteiger partial charge in [-0.15, -0.1) is 0 Å². The van der Waals surface area contributed by atoms with Crippen molar-refractivity contribution in [3.8, 4) is 17.2 Å². The molecule has 1 N–H and O–H groups in total. The molecule has 0 unspecified atom stereocenters. The summed E-state index contributed by atoms with van der Waals surface area (Å²) >= 11 is 2.13. The number of rotatable bonds is 8. The maximum atomic E-state index is 12.4. The highest BCUT2D eigenvalue weighted by molar-refractivity contribution is 14.1. The molecule has 0 atom stereocenters. The maximum absolute atomic E-state index is 12.4. The van der Waals surface area contributed by atoms with Gasteiger partial charge in [0.05, 0.1) is 26.9 Å². The number of carbonyl (C=O) groups is 1. The Balaban J connectivity index is 1.89. The van der Waals surface area contributed by atoms with E-state index in [0.29, 0.717) is 23.6 Å². The second-order valence-corrected chi connectivity index (χ2v) is 6.56. The first kappa shape index (κ1) is 19.4. The molecule has 6 heteroatoms. The lowest BCUT2D eigenvalue weighted by Crippen LogP contribution is -2.25. The summed E-state index contributed by atoms with van der Waals surface area (Å²) in [6.07, 6.45) is 1.76. The van der Waals surface area contributed by atoms with E-state index in [0.717, 1.165) is 22.2 Å². The molecule has 5 nitrogen and oxygen atoms in total. The van der Waals surface area contributed by atoms with Crippen LogP contribution in [0.3, 0.4) is 0 Å². The van der Waals surface area contributed by atoms with Gasteiger partial charge in [-0.2, -0.15) is 0 Å². The normalized spacial score (nSPS) is 10.2. The fourth-order valence-corrected chi connectivity index (χ4v) is 3.09. The first-order valence-electron chi connectivity index (χ1n) is 7.91. The Labute approximate surface area is 161 Å². The highest BCUT2D eigenvalue weighted by Gasteiger charge is 2.15. The van der Waals surface area contributed by atoms with Gasteiger partial charge < -0.3 is 19.5 Å². The van der Waals surface area contributed by atoms with Crippen LogP contribution >= 0.6 is 22.6 Å². The van der Waals surface area contributed by atoms with Gasteiger partial charge in [-0.3, -0.25) is 4.79 Å². The molecule has 0 aromatic heterocycles. The molecular weight excluding hydrogens is 433 g/mol. The minimum Gasteiger partial charge on any atom is -0.497 e. The van der Waals surface area contributed by atoms with Crippen molar-refractivity contribution in [3.63, 3.8) is 0 Å². The van der Waals surface area contributed by atoms with Gasteiger partial charge in [-0.1, -0.05) is 12.1 Å². The van der Waals surface area contributed by atoms with Crippen LogP contribution in [0.25, 0.3) is 0 Å². The number of hydrogen-bond donors (Lipinski definition) is 1. The fourth-order valence-electron chi connectivity index (χ4n) is 2.41. The molecule has 0 radical (unpaired) electrons. The predicted octanol–water partition coefficient (Wildman–Crippen LogP) is 3.68. The van der Waals surface area contributed by atoms with Crippen molar-refractivity contribution >= 4 is 28.5 Å². The Morgan fingerprint density at radius 3 is 2.24 bits per heavy atom. The van der Waals surface area contributed by atoms with Crippen molar-refractivity contribution in [2.24, 2.45) is 0 Å². The number of benzene rings is 2. The summed E-state index contributed by atoms with van der Waals surface area (Å²) in [6, 6.07) is 11.5. The summed E-state index contributed by atoms with van der Waals surface area (Å²) in [5.74, 6) is 1.90. The van der Waals surface area contributed by atoms with Crippen LogP contribution in [0.2, 0.25) is 0 Å². The molecule has 0 aliphatic rings. The lowest BCUT2D eigenvalue weighted by atomic mass is 10.1. The lowest BCUT2D eigenvalue weighted by Gasteiger charge is -2.12. The molecule has 0 saturated carbocycles. The second-order valence-electron chi connectivity index (χ2n) is 5.39.